The Morgan fingerprint density at radius 2 is 1.95 bits per heavy atom. The maximum absolute atomic E-state index is 13.1. The van der Waals surface area contributed by atoms with E-state index in [0.717, 1.165) is 28.1 Å². The number of halogens is 1. The van der Waals surface area contributed by atoms with Gasteiger partial charge in [-0.1, -0.05) is 12.1 Å². The highest BCUT2D eigenvalue weighted by Crippen LogP contribution is 2.33. The van der Waals surface area contributed by atoms with E-state index in [0.29, 0.717) is 5.52 Å². The van der Waals surface area contributed by atoms with Gasteiger partial charge in [0, 0.05) is 5.39 Å². The number of fused-ring (bicyclic) bond motifs is 2. The van der Waals surface area contributed by atoms with E-state index < -0.39 is 0 Å². The summed E-state index contributed by atoms with van der Waals surface area (Å²) in [4.78, 5) is 0. The number of nitrogens with one attached hydrogen (secondary N) is 1. The summed E-state index contributed by atoms with van der Waals surface area (Å²) in [6, 6.07) is 10.3. The van der Waals surface area contributed by atoms with E-state index in [1.54, 1.807) is 6.07 Å². The van der Waals surface area contributed by atoms with E-state index in [1.165, 1.54) is 12.1 Å². The fourth-order valence-electron chi connectivity index (χ4n) is 2.33. The van der Waals surface area contributed by atoms with Crippen LogP contribution in [0.15, 0.2) is 36.4 Å². The first kappa shape index (κ1) is 12.0. The van der Waals surface area contributed by atoms with Crippen molar-refractivity contribution in [2.45, 2.75) is 0 Å². The Kier molecular flexibility index (Phi) is 2.64. The molecule has 21 heavy (non-hydrogen) atoms. The first-order valence-electron chi connectivity index (χ1n) is 6.51. The fourth-order valence-corrected chi connectivity index (χ4v) is 2.33. The summed E-state index contributed by atoms with van der Waals surface area (Å²) < 4.78 is 23.7. The Hall–Kier alpha value is -2.82. The molecule has 1 aliphatic heterocycles. The van der Waals surface area contributed by atoms with Gasteiger partial charge in [-0.3, -0.25) is 5.10 Å². The fraction of sp³-hybridized carbons (Fsp3) is 0.0625. The van der Waals surface area contributed by atoms with E-state index in [1.807, 2.05) is 30.4 Å². The molecule has 0 fully saturated rings. The molecule has 1 aliphatic rings. The van der Waals surface area contributed by atoms with Crippen molar-refractivity contribution in [1.29, 1.82) is 0 Å². The number of ether oxygens (including phenoxy) is 2. The van der Waals surface area contributed by atoms with E-state index in [2.05, 4.69) is 10.2 Å². The number of H-pyrrole nitrogens is 1. The minimum atomic E-state index is -0.280. The van der Waals surface area contributed by atoms with Gasteiger partial charge in [0.15, 0.2) is 11.5 Å². The number of benzene rings is 2. The number of hydrogen-bond acceptors (Lipinski definition) is 3. The van der Waals surface area contributed by atoms with E-state index in [4.69, 9.17) is 9.47 Å². The third kappa shape index (κ3) is 2.12. The minimum absolute atomic E-state index is 0.262. The summed E-state index contributed by atoms with van der Waals surface area (Å²) in [6.07, 6.45) is 3.81. The molecule has 4 nitrogen and oxygen atoms in total. The highest BCUT2D eigenvalue weighted by molar-refractivity contribution is 5.89. The molecule has 0 bridgehead atoms. The molecule has 0 amide bonds. The largest absolute Gasteiger partial charge is 0.454 e. The van der Waals surface area contributed by atoms with Crippen molar-refractivity contribution in [2.24, 2.45) is 0 Å². The molecule has 0 spiro atoms. The molecule has 0 saturated heterocycles. The molecule has 4 rings (SSSR count). The van der Waals surface area contributed by atoms with Crippen LogP contribution in [0.5, 0.6) is 11.5 Å². The second kappa shape index (κ2) is 4.63. The normalized spacial score (nSPS) is 13.4. The van der Waals surface area contributed by atoms with Crippen LogP contribution >= 0.6 is 0 Å². The monoisotopic (exact) mass is 282 g/mol. The Morgan fingerprint density at radius 3 is 2.90 bits per heavy atom. The number of rotatable bonds is 2. The summed E-state index contributed by atoms with van der Waals surface area (Å²) in [5, 5.41) is 7.89. The third-order valence-corrected chi connectivity index (χ3v) is 3.38. The van der Waals surface area contributed by atoms with Crippen LogP contribution in [0.1, 0.15) is 11.3 Å². The van der Waals surface area contributed by atoms with Crippen molar-refractivity contribution in [2.75, 3.05) is 6.79 Å². The zero-order valence-electron chi connectivity index (χ0n) is 11.0. The highest BCUT2D eigenvalue weighted by atomic mass is 19.1. The molecule has 104 valence electrons. The maximum atomic E-state index is 13.1. The molecule has 3 aromatic rings. The lowest BCUT2D eigenvalue weighted by atomic mass is 10.1. The predicted octanol–water partition coefficient (Wildman–Crippen LogP) is 3.60. The average molecular weight is 282 g/mol. The van der Waals surface area contributed by atoms with Crippen LogP contribution in [0, 0.1) is 5.82 Å². The minimum Gasteiger partial charge on any atom is -0.454 e. The summed E-state index contributed by atoms with van der Waals surface area (Å²) >= 11 is 0. The van der Waals surface area contributed by atoms with Gasteiger partial charge in [0.25, 0.3) is 0 Å². The number of aromatic nitrogens is 2. The molecule has 0 atom stereocenters. The van der Waals surface area contributed by atoms with Crippen LogP contribution in [0.4, 0.5) is 4.39 Å². The Morgan fingerprint density at radius 1 is 1.05 bits per heavy atom. The van der Waals surface area contributed by atoms with Crippen molar-refractivity contribution < 1.29 is 13.9 Å². The summed E-state index contributed by atoms with van der Waals surface area (Å²) in [5.41, 5.74) is 2.43. The van der Waals surface area contributed by atoms with Crippen molar-refractivity contribution in [3.63, 3.8) is 0 Å². The van der Waals surface area contributed by atoms with Gasteiger partial charge < -0.3 is 9.47 Å². The molecular weight excluding hydrogens is 271 g/mol. The highest BCUT2D eigenvalue weighted by Gasteiger charge is 2.12. The van der Waals surface area contributed by atoms with Crippen LogP contribution in [0.2, 0.25) is 0 Å². The second-order valence-electron chi connectivity index (χ2n) is 4.74. The summed E-state index contributed by atoms with van der Waals surface area (Å²) in [5.74, 6) is 1.22. The molecule has 0 unspecified atom stereocenters. The van der Waals surface area contributed by atoms with Gasteiger partial charge in [0.1, 0.15) is 5.82 Å². The van der Waals surface area contributed by atoms with Crippen LogP contribution in [0.25, 0.3) is 23.1 Å². The van der Waals surface area contributed by atoms with Crippen LogP contribution in [-0.4, -0.2) is 17.0 Å². The lowest BCUT2D eigenvalue weighted by Gasteiger charge is -1.97. The first-order valence-corrected chi connectivity index (χ1v) is 6.51. The summed E-state index contributed by atoms with van der Waals surface area (Å²) in [7, 11) is 0. The smallest absolute Gasteiger partial charge is 0.231 e. The lowest BCUT2D eigenvalue weighted by molar-refractivity contribution is 0.174. The zero-order valence-corrected chi connectivity index (χ0v) is 11.0. The molecule has 5 heteroatoms. The molecule has 0 radical (unpaired) electrons. The van der Waals surface area contributed by atoms with Crippen molar-refractivity contribution in [3.05, 3.63) is 53.5 Å². The molecule has 1 aromatic heterocycles. The van der Waals surface area contributed by atoms with Gasteiger partial charge in [-0.25, -0.2) is 4.39 Å². The molecular formula is C16H11FN2O2. The van der Waals surface area contributed by atoms with Gasteiger partial charge >= 0.3 is 0 Å². The molecule has 1 N–H and O–H groups in total. The SMILES string of the molecule is Fc1ccc2c(/C=C/c3ccc4c(c3)OCO4)n[nH]c2c1. The van der Waals surface area contributed by atoms with Gasteiger partial charge in [0.2, 0.25) is 6.79 Å². The quantitative estimate of drug-likeness (QED) is 0.781. The standard InChI is InChI=1S/C16H11FN2O2/c17-11-3-4-12-13(18-19-14(12)8-11)5-1-10-2-6-15-16(7-10)21-9-20-15/h1-8H,9H2,(H,18,19)/b5-1+. The van der Waals surface area contributed by atoms with Crippen LogP contribution < -0.4 is 9.47 Å². The van der Waals surface area contributed by atoms with E-state index >= 15 is 0 Å². The predicted molar refractivity (Wildman–Crippen MR) is 77.5 cm³/mol. The van der Waals surface area contributed by atoms with E-state index in [-0.39, 0.29) is 12.6 Å². The molecule has 0 aliphatic carbocycles. The number of aromatic amines is 1. The molecule has 2 aromatic carbocycles. The number of nitrogens with zero attached hydrogens (tertiary/aromatic N) is 1. The van der Waals surface area contributed by atoms with E-state index in [9.17, 15) is 4.39 Å². The van der Waals surface area contributed by atoms with Crippen molar-refractivity contribution in [1.82, 2.24) is 10.2 Å². The van der Waals surface area contributed by atoms with Crippen LogP contribution in [0.3, 0.4) is 0 Å². The molecule has 2 heterocycles. The molecule has 0 saturated carbocycles. The van der Waals surface area contributed by atoms with Gasteiger partial charge in [0.05, 0.1) is 11.2 Å². The average Bonchev–Trinajstić information content (AvgIpc) is 3.10. The third-order valence-electron chi connectivity index (χ3n) is 3.38. The van der Waals surface area contributed by atoms with Crippen LogP contribution in [-0.2, 0) is 0 Å². The van der Waals surface area contributed by atoms with Gasteiger partial charge in [-0.15, -0.1) is 0 Å². The van der Waals surface area contributed by atoms with Gasteiger partial charge in [-0.2, -0.15) is 5.10 Å². The van der Waals surface area contributed by atoms with Crippen molar-refractivity contribution in [3.8, 4) is 11.5 Å². The second-order valence-corrected chi connectivity index (χ2v) is 4.74. The van der Waals surface area contributed by atoms with Gasteiger partial charge in [-0.05, 0) is 42.0 Å². The van der Waals surface area contributed by atoms with Crippen molar-refractivity contribution >= 4 is 23.1 Å². The maximum Gasteiger partial charge on any atom is 0.231 e. The number of hydrogen-bond donors (Lipinski definition) is 1. The lowest BCUT2D eigenvalue weighted by Crippen LogP contribution is -1.92. The Labute approximate surface area is 119 Å². The summed E-state index contributed by atoms with van der Waals surface area (Å²) in [6.45, 7) is 0.262. The topological polar surface area (TPSA) is 47.1 Å². The Bertz CT molecular complexity index is 855. The first-order chi connectivity index (χ1) is 10.3. The zero-order chi connectivity index (χ0) is 14.2. The Balaban J connectivity index is 1.67.